The number of thiazole rings is 1. The molecule has 3 aliphatic rings. The van der Waals surface area contributed by atoms with Crippen molar-refractivity contribution in [2.24, 2.45) is 5.92 Å². The standard InChI is InChI=1S/C17H28N2O3.C17H18N2O2S.C4H7NO2S/c1-3-4-5-11-22-12-13(2)17(21)19-10-6-7-15(19)16(20)18-14-8-9-14;1-9(2)13-8-22-17(19-13)12-7-14(20)11-5-6-15(21-4)10(3)16(11)18-12;6-3-5-8(7)4-1-2-4/h3,13-15H,1,4-12H2,2H3,(H,18,20);5-9H,1-4H3,(H,18,20);3-4H,1-2H2,(H,5,6). The number of allylic oxidation sites excluding steroid dienone is 1. The van der Waals surface area contributed by atoms with Gasteiger partial charge in [0.15, 0.2) is 5.43 Å². The van der Waals surface area contributed by atoms with Crippen LogP contribution < -0.4 is 20.2 Å². The van der Waals surface area contributed by atoms with E-state index in [0.29, 0.717) is 43.5 Å². The number of pyridine rings is 1. The molecule has 1 aliphatic heterocycles. The first-order valence-corrected chi connectivity index (χ1v) is 20.1. The van der Waals surface area contributed by atoms with Crippen LogP contribution in [0.15, 0.2) is 41.0 Å². The summed E-state index contributed by atoms with van der Waals surface area (Å²) >= 11 is 1.55. The van der Waals surface area contributed by atoms with Gasteiger partial charge in [-0.1, -0.05) is 26.8 Å². The number of aryl methyl sites for hydroxylation is 1. The Bertz CT molecular complexity index is 1770. The van der Waals surface area contributed by atoms with E-state index in [9.17, 15) is 23.4 Å². The molecule has 3 N–H and O–H groups in total. The molecule has 2 aromatic heterocycles. The van der Waals surface area contributed by atoms with Crippen molar-refractivity contribution >= 4 is 51.4 Å². The Balaban J connectivity index is 0.000000192. The molecule has 284 valence electrons. The summed E-state index contributed by atoms with van der Waals surface area (Å²) in [7, 11) is 0.552. The maximum atomic E-state index is 12.5. The summed E-state index contributed by atoms with van der Waals surface area (Å²) in [4.78, 5) is 56.5. The quantitative estimate of drug-likeness (QED) is 0.104. The molecule has 1 saturated heterocycles. The SMILES string of the molecule is C=CCCCOCC(C)C(=O)N1CCCC1C(=O)NC1CC1.COc1ccc2c(=O)cc(-c3nc(C(C)C)cs3)[nH]c2c1C.O=CNS(=O)C1CC1. The van der Waals surface area contributed by atoms with Gasteiger partial charge in [0.05, 0.1) is 41.8 Å². The minimum atomic E-state index is -1.08. The molecule has 2 aliphatic carbocycles. The number of carbonyl (C=O) groups excluding carboxylic acids is 3. The molecule has 3 heterocycles. The lowest BCUT2D eigenvalue weighted by atomic mass is 10.1. The number of rotatable bonds is 15. The molecule has 3 unspecified atom stereocenters. The molecule has 1 aromatic carbocycles. The van der Waals surface area contributed by atoms with Crippen LogP contribution in [0.4, 0.5) is 0 Å². The van der Waals surface area contributed by atoms with Gasteiger partial charge in [-0.25, -0.2) is 9.19 Å². The molecule has 6 rings (SSSR count). The number of aromatic amines is 1. The van der Waals surface area contributed by atoms with Gasteiger partial charge in [0.1, 0.15) is 27.8 Å². The van der Waals surface area contributed by atoms with Gasteiger partial charge in [0, 0.05) is 41.6 Å². The van der Waals surface area contributed by atoms with Crippen LogP contribution in [-0.2, 0) is 30.1 Å². The number of hydrogen-bond donors (Lipinski definition) is 3. The van der Waals surface area contributed by atoms with Crippen LogP contribution in [0.2, 0.25) is 0 Å². The molecule has 3 atom stereocenters. The fraction of sp³-hybridized carbons (Fsp3) is 0.553. The highest BCUT2D eigenvalue weighted by molar-refractivity contribution is 7.84. The summed E-state index contributed by atoms with van der Waals surface area (Å²) < 4.78 is 23.7. The van der Waals surface area contributed by atoms with Crippen molar-refractivity contribution in [3.05, 3.63) is 57.7 Å². The number of unbranched alkanes of at least 4 members (excludes halogenated alkanes) is 1. The lowest BCUT2D eigenvalue weighted by Gasteiger charge is -2.26. The van der Waals surface area contributed by atoms with Gasteiger partial charge >= 0.3 is 0 Å². The largest absolute Gasteiger partial charge is 0.496 e. The smallest absolute Gasteiger partial charge is 0.243 e. The van der Waals surface area contributed by atoms with E-state index in [-0.39, 0.29) is 34.5 Å². The number of H-pyrrole nitrogens is 1. The summed E-state index contributed by atoms with van der Waals surface area (Å²) in [5, 5.41) is 6.81. The van der Waals surface area contributed by atoms with E-state index >= 15 is 0 Å². The molecule has 0 radical (unpaired) electrons. The van der Waals surface area contributed by atoms with Crippen LogP contribution in [0, 0.1) is 12.8 Å². The Morgan fingerprint density at radius 1 is 1.19 bits per heavy atom. The predicted octanol–water partition coefficient (Wildman–Crippen LogP) is 5.53. The fourth-order valence-corrected chi connectivity index (χ4v) is 7.45. The van der Waals surface area contributed by atoms with Gasteiger partial charge in [0.2, 0.25) is 18.2 Å². The Kier molecular flexibility index (Phi) is 15.6. The highest BCUT2D eigenvalue weighted by atomic mass is 32.2. The maximum absolute atomic E-state index is 12.5. The molecule has 12 nitrogen and oxygen atoms in total. The van der Waals surface area contributed by atoms with Crippen LogP contribution in [0.1, 0.15) is 89.3 Å². The number of nitrogens with one attached hydrogen (secondary N) is 3. The van der Waals surface area contributed by atoms with Gasteiger partial charge in [-0.3, -0.25) is 23.9 Å². The third kappa shape index (κ3) is 11.6. The molecular formula is C38H53N5O7S2. The second kappa shape index (κ2) is 19.8. The van der Waals surface area contributed by atoms with Crippen LogP contribution in [0.25, 0.3) is 21.6 Å². The monoisotopic (exact) mass is 755 g/mol. The number of ether oxygens (including phenoxy) is 2. The number of carbonyl (C=O) groups is 3. The maximum Gasteiger partial charge on any atom is 0.243 e. The van der Waals surface area contributed by atoms with Crippen LogP contribution in [0.5, 0.6) is 5.75 Å². The Morgan fingerprint density at radius 3 is 2.56 bits per heavy atom. The molecular weight excluding hydrogens is 703 g/mol. The van der Waals surface area contributed by atoms with Gasteiger partial charge in [-0.05, 0) is 76.3 Å². The topological polar surface area (TPSA) is 160 Å². The van der Waals surface area contributed by atoms with Crippen molar-refractivity contribution in [2.45, 2.75) is 102 Å². The molecule has 3 fully saturated rings. The Hall–Kier alpha value is -3.88. The third-order valence-electron chi connectivity index (χ3n) is 9.02. The van der Waals surface area contributed by atoms with E-state index in [1.54, 1.807) is 35.5 Å². The van der Waals surface area contributed by atoms with Crippen molar-refractivity contribution in [3.63, 3.8) is 0 Å². The zero-order valence-corrected chi connectivity index (χ0v) is 32.5. The summed E-state index contributed by atoms with van der Waals surface area (Å²) in [6, 6.07) is 5.31. The molecule has 0 spiro atoms. The third-order valence-corrected chi connectivity index (χ3v) is 11.3. The number of hydrogen-bond acceptors (Lipinski definition) is 9. The second-order valence-electron chi connectivity index (χ2n) is 13.7. The van der Waals surface area contributed by atoms with Gasteiger partial charge < -0.3 is 24.7 Å². The normalized spacial score (nSPS) is 17.7. The number of aromatic nitrogens is 2. The van der Waals surface area contributed by atoms with E-state index in [0.717, 1.165) is 84.6 Å². The molecule has 2 saturated carbocycles. The van der Waals surface area contributed by atoms with Gasteiger partial charge in [-0.15, -0.1) is 17.9 Å². The summed E-state index contributed by atoms with van der Waals surface area (Å²) in [5.41, 5.74) is 3.53. The molecule has 3 aromatic rings. The van der Waals surface area contributed by atoms with E-state index in [2.05, 4.69) is 40.4 Å². The molecule has 3 amide bonds. The van der Waals surface area contributed by atoms with Crippen molar-refractivity contribution < 1.29 is 28.1 Å². The van der Waals surface area contributed by atoms with Crippen LogP contribution in [-0.4, -0.2) is 81.5 Å². The summed E-state index contributed by atoms with van der Waals surface area (Å²) in [6.45, 7) is 13.5. The minimum Gasteiger partial charge on any atom is -0.496 e. The number of fused-ring (bicyclic) bond motifs is 1. The van der Waals surface area contributed by atoms with Crippen molar-refractivity contribution in [2.75, 3.05) is 26.9 Å². The van der Waals surface area contributed by atoms with Crippen molar-refractivity contribution in [1.82, 2.24) is 24.9 Å². The fourth-order valence-electron chi connectivity index (χ4n) is 5.65. The van der Waals surface area contributed by atoms with Crippen molar-refractivity contribution in [3.8, 4) is 16.5 Å². The van der Waals surface area contributed by atoms with E-state index < -0.39 is 11.0 Å². The number of benzene rings is 1. The summed E-state index contributed by atoms with van der Waals surface area (Å²) in [6.07, 6.45) is 10.0. The van der Waals surface area contributed by atoms with Gasteiger partial charge in [-0.2, -0.15) is 0 Å². The zero-order valence-electron chi connectivity index (χ0n) is 30.9. The average Bonchev–Trinajstić information content (AvgIpc) is 4.04. The predicted molar refractivity (Wildman–Crippen MR) is 207 cm³/mol. The lowest BCUT2D eigenvalue weighted by Crippen LogP contribution is -2.48. The van der Waals surface area contributed by atoms with Gasteiger partial charge in [0.25, 0.3) is 0 Å². The Morgan fingerprint density at radius 2 is 1.94 bits per heavy atom. The van der Waals surface area contributed by atoms with Crippen LogP contribution >= 0.6 is 11.3 Å². The molecule has 0 bridgehead atoms. The summed E-state index contributed by atoms with van der Waals surface area (Å²) in [5.74, 6) is 1.00. The highest BCUT2D eigenvalue weighted by Gasteiger charge is 2.37. The second-order valence-corrected chi connectivity index (χ2v) is 16.1. The Labute approximate surface area is 312 Å². The highest BCUT2D eigenvalue weighted by Crippen LogP contribution is 2.29. The first-order valence-electron chi connectivity index (χ1n) is 18.0. The molecule has 14 heteroatoms. The van der Waals surface area contributed by atoms with E-state index in [1.807, 2.05) is 31.4 Å². The number of amides is 3. The number of nitrogens with zero attached hydrogens (tertiary/aromatic N) is 2. The molecule has 52 heavy (non-hydrogen) atoms. The average molecular weight is 756 g/mol. The number of likely N-dealkylation sites (tertiary alicyclic amines) is 1. The first-order chi connectivity index (χ1) is 25.0. The zero-order chi connectivity index (χ0) is 37.8. The van der Waals surface area contributed by atoms with Crippen LogP contribution in [0.3, 0.4) is 0 Å². The first kappa shape index (κ1) is 40.9. The van der Waals surface area contributed by atoms with Crippen molar-refractivity contribution in [1.29, 1.82) is 0 Å². The lowest BCUT2D eigenvalue weighted by molar-refractivity contribution is -0.142. The minimum absolute atomic E-state index is 0.00389. The number of methoxy groups -OCH3 is 1. The van der Waals surface area contributed by atoms with E-state index in [4.69, 9.17) is 9.47 Å². The van der Waals surface area contributed by atoms with E-state index in [1.165, 1.54) is 0 Å².